The molecule has 0 unspecified atom stereocenters. The second-order valence-corrected chi connectivity index (χ2v) is 7.58. The molecule has 0 bridgehead atoms. The number of nitrogens with one attached hydrogen (secondary N) is 1. The van der Waals surface area contributed by atoms with E-state index < -0.39 is 0 Å². The normalized spacial score (nSPS) is 11.4. The number of benzene rings is 1. The predicted octanol–water partition coefficient (Wildman–Crippen LogP) is 4.56. The van der Waals surface area contributed by atoms with Crippen molar-refractivity contribution in [3.63, 3.8) is 0 Å². The fourth-order valence-electron chi connectivity index (χ4n) is 1.87. The van der Waals surface area contributed by atoms with Crippen molar-refractivity contribution in [1.82, 2.24) is 4.98 Å². The molecule has 1 aromatic carbocycles. The molecule has 0 aliphatic heterocycles. The quantitative estimate of drug-likeness (QED) is 0.898. The molecule has 0 aliphatic rings. The molecular formula is C16H20N2OS2. The minimum atomic E-state index is -0.111. The Kier molecular flexibility index (Phi) is 5.06. The molecule has 0 saturated carbocycles. The summed E-state index contributed by atoms with van der Waals surface area (Å²) in [6.07, 6.45) is 2.04. The van der Waals surface area contributed by atoms with Gasteiger partial charge < -0.3 is 0 Å². The van der Waals surface area contributed by atoms with Crippen LogP contribution < -0.4 is 5.32 Å². The van der Waals surface area contributed by atoms with E-state index in [-0.39, 0.29) is 11.3 Å². The standard InChI is InChI=1S/C16H20N2OS2/c1-16(2,3)12-7-5-11(6-8-12)14(19)18-15-17-13(9-20-4)10-21-15/h5-8,10H,9H2,1-4H3,(H,17,18,19). The average molecular weight is 320 g/mol. The predicted molar refractivity (Wildman–Crippen MR) is 92.4 cm³/mol. The van der Waals surface area contributed by atoms with Gasteiger partial charge >= 0.3 is 0 Å². The molecule has 0 spiro atoms. The number of aromatic nitrogens is 1. The molecule has 5 heteroatoms. The van der Waals surface area contributed by atoms with Crippen molar-refractivity contribution in [2.45, 2.75) is 31.9 Å². The molecule has 1 aromatic heterocycles. The molecule has 0 fully saturated rings. The second-order valence-electron chi connectivity index (χ2n) is 5.86. The van der Waals surface area contributed by atoms with E-state index in [0.29, 0.717) is 10.7 Å². The van der Waals surface area contributed by atoms with E-state index in [9.17, 15) is 4.79 Å². The second kappa shape index (κ2) is 6.62. The zero-order valence-corrected chi connectivity index (χ0v) is 14.4. The Hall–Kier alpha value is -1.33. The van der Waals surface area contributed by atoms with Crippen molar-refractivity contribution < 1.29 is 4.79 Å². The van der Waals surface area contributed by atoms with Crippen molar-refractivity contribution in [2.75, 3.05) is 11.6 Å². The van der Waals surface area contributed by atoms with Crippen molar-refractivity contribution in [1.29, 1.82) is 0 Å². The Morgan fingerprint density at radius 1 is 1.29 bits per heavy atom. The van der Waals surface area contributed by atoms with Crippen LogP contribution in [0.2, 0.25) is 0 Å². The highest BCUT2D eigenvalue weighted by atomic mass is 32.2. The molecule has 0 radical (unpaired) electrons. The highest BCUT2D eigenvalue weighted by Crippen LogP contribution is 2.23. The smallest absolute Gasteiger partial charge is 0.257 e. The van der Waals surface area contributed by atoms with Crippen LogP contribution in [0, 0.1) is 0 Å². The summed E-state index contributed by atoms with van der Waals surface area (Å²) >= 11 is 3.18. The number of hydrogen-bond acceptors (Lipinski definition) is 4. The van der Waals surface area contributed by atoms with E-state index >= 15 is 0 Å². The van der Waals surface area contributed by atoms with Crippen molar-refractivity contribution >= 4 is 34.1 Å². The number of hydrogen-bond donors (Lipinski definition) is 1. The zero-order valence-electron chi connectivity index (χ0n) is 12.8. The number of thioether (sulfide) groups is 1. The maximum atomic E-state index is 12.2. The Labute approximate surface area is 134 Å². The van der Waals surface area contributed by atoms with Crippen LogP contribution in [-0.4, -0.2) is 17.1 Å². The van der Waals surface area contributed by atoms with Gasteiger partial charge in [-0.3, -0.25) is 10.1 Å². The molecule has 1 N–H and O–H groups in total. The first-order valence-corrected chi connectivity index (χ1v) is 9.03. The third-order valence-corrected chi connectivity index (χ3v) is 4.47. The minimum absolute atomic E-state index is 0.0943. The fraction of sp³-hybridized carbons (Fsp3) is 0.375. The molecule has 2 aromatic rings. The van der Waals surface area contributed by atoms with Gasteiger partial charge in [0.25, 0.3) is 5.91 Å². The van der Waals surface area contributed by atoms with Gasteiger partial charge in [0.2, 0.25) is 0 Å². The number of amides is 1. The minimum Gasteiger partial charge on any atom is -0.298 e. The summed E-state index contributed by atoms with van der Waals surface area (Å²) < 4.78 is 0. The molecule has 1 heterocycles. The van der Waals surface area contributed by atoms with Crippen molar-refractivity contribution in [3.8, 4) is 0 Å². The third kappa shape index (κ3) is 4.32. The summed E-state index contributed by atoms with van der Waals surface area (Å²) in [6, 6.07) is 7.75. The lowest BCUT2D eigenvalue weighted by molar-refractivity contribution is 0.102. The SMILES string of the molecule is CSCc1csc(NC(=O)c2ccc(C(C)(C)C)cc2)n1. The lowest BCUT2D eigenvalue weighted by Crippen LogP contribution is -2.14. The Morgan fingerprint density at radius 2 is 1.95 bits per heavy atom. The van der Waals surface area contributed by atoms with Gasteiger partial charge in [0, 0.05) is 16.7 Å². The van der Waals surface area contributed by atoms with Gasteiger partial charge in [0.15, 0.2) is 5.13 Å². The molecular weight excluding hydrogens is 300 g/mol. The number of rotatable bonds is 4. The van der Waals surface area contributed by atoms with Crippen molar-refractivity contribution in [3.05, 3.63) is 46.5 Å². The highest BCUT2D eigenvalue weighted by Gasteiger charge is 2.14. The first-order valence-electron chi connectivity index (χ1n) is 6.75. The van der Waals surface area contributed by atoms with Crippen LogP contribution in [0.15, 0.2) is 29.6 Å². The summed E-state index contributed by atoms with van der Waals surface area (Å²) in [5.41, 5.74) is 2.97. The van der Waals surface area contributed by atoms with Crippen LogP contribution >= 0.6 is 23.1 Å². The topological polar surface area (TPSA) is 42.0 Å². The number of carbonyl (C=O) groups is 1. The number of thiazole rings is 1. The van der Waals surface area contributed by atoms with Crippen LogP contribution in [0.4, 0.5) is 5.13 Å². The average Bonchev–Trinajstić information content (AvgIpc) is 2.86. The van der Waals surface area contributed by atoms with Gasteiger partial charge in [0.05, 0.1) is 5.69 Å². The molecule has 2 rings (SSSR count). The van der Waals surface area contributed by atoms with Gasteiger partial charge in [-0.2, -0.15) is 11.8 Å². The first kappa shape index (κ1) is 16.0. The van der Waals surface area contributed by atoms with E-state index in [4.69, 9.17) is 0 Å². The third-order valence-electron chi connectivity index (χ3n) is 3.08. The van der Waals surface area contributed by atoms with Crippen LogP contribution in [0.3, 0.4) is 0 Å². The van der Waals surface area contributed by atoms with Crippen LogP contribution in [0.1, 0.15) is 42.4 Å². The highest BCUT2D eigenvalue weighted by molar-refractivity contribution is 7.97. The summed E-state index contributed by atoms with van der Waals surface area (Å²) in [4.78, 5) is 16.6. The Morgan fingerprint density at radius 3 is 2.52 bits per heavy atom. The van der Waals surface area contributed by atoms with E-state index in [2.05, 4.69) is 31.1 Å². The lowest BCUT2D eigenvalue weighted by Gasteiger charge is -2.18. The largest absolute Gasteiger partial charge is 0.298 e. The molecule has 0 atom stereocenters. The van der Waals surface area contributed by atoms with Crippen LogP contribution in [-0.2, 0) is 11.2 Å². The van der Waals surface area contributed by atoms with E-state index in [1.807, 2.05) is 35.9 Å². The van der Waals surface area contributed by atoms with Gasteiger partial charge in [-0.15, -0.1) is 11.3 Å². The molecule has 112 valence electrons. The monoisotopic (exact) mass is 320 g/mol. The number of carbonyl (C=O) groups excluding carboxylic acids is 1. The molecule has 21 heavy (non-hydrogen) atoms. The molecule has 1 amide bonds. The summed E-state index contributed by atoms with van der Waals surface area (Å²) in [6.45, 7) is 6.47. The summed E-state index contributed by atoms with van der Waals surface area (Å²) in [7, 11) is 0. The van der Waals surface area contributed by atoms with E-state index in [0.717, 1.165) is 11.4 Å². The van der Waals surface area contributed by atoms with E-state index in [1.165, 1.54) is 16.9 Å². The molecule has 0 saturated heterocycles. The van der Waals surface area contributed by atoms with Crippen LogP contribution in [0.25, 0.3) is 0 Å². The number of nitrogens with zero attached hydrogens (tertiary/aromatic N) is 1. The zero-order chi connectivity index (χ0) is 15.5. The summed E-state index contributed by atoms with van der Waals surface area (Å²) in [5.74, 6) is 0.757. The Balaban J connectivity index is 2.06. The van der Waals surface area contributed by atoms with Gasteiger partial charge in [-0.1, -0.05) is 32.9 Å². The lowest BCUT2D eigenvalue weighted by atomic mass is 9.87. The van der Waals surface area contributed by atoms with Crippen molar-refractivity contribution in [2.24, 2.45) is 0 Å². The maximum absolute atomic E-state index is 12.2. The maximum Gasteiger partial charge on any atom is 0.257 e. The van der Waals surface area contributed by atoms with Gasteiger partial charge in [-0.05, 0) is 29.4 Å². The molecule has 0 aliphatic carbocycles. The Bertz CT molecular complexity index is 612. The van der Waals surface area contributed by atoms with Crippen LogP contribution in [0.5, 0.6) is 0 Å². The molecule has 3 nitrogen and oxygen atoms in total. The number of anilines is 1. The first-order chi connectivity index (χ1) is 9.90. The van der Waals surface area contributed by atoms with E-state index in [1.54, 1.807) is 11.8 Å². The summed E-state index contributed by atoms with van der Waals surface area (Å²) in [5, 5.41) is 5.49. The fourth-order valence-corrected chi connectivity index (χ4v) is 3.12. The van der Waals surface area contributed by atoms with Gasteiger partial charge in [0.1, 0.15) is 0 Å². The van der Waals surface area contributed by atoms with Gasteiger partial charge in [-0.25, -0.2) is 4.98 Å².